The molecule has 1 aliphatic heterocycles. The van der Waals surface area contributed by atoms with Gasteiger partial charge >= 0.3 is 0 Å². The molecule has 0 atom stereocenters. The van der Waals surface area contributed by atoms with E-state index in [-0.39, 0.29) is 0 Å². The highest BCUT2D eigenvalue weighted by atomic mass is 15.3. The van der Waals surface area contributed by atoms with Crippen molar-refractivity contribution in [3.8, 4) is 11.3 Å². The van der Waals surface area contributed by atoms with Gasteiger partial charge in [-0.1, -0.05) is 12.1 Å². The zero-order chi connectivity index (χ0) is 19.1. The number of aromatic nitrogens is 5. The second-order valence-electron chi connectivity index (χ2n) is 7.68. The fraction of sp³-hybridized carbons (Fsp3) is 0.318. The van der Waals surface area contributed by atoms with Crippen LogP contribution in [0.4, 0.5) is 5.82 Å². The van der Waals surface area contributed by atoms with Gasteiger partial charge in [0.15, 0.2) is 5.82 Å². The van der Waals surface area contributed by atoms with Crippen molar-refractivity contribution in [1.82, 2.24) is 24.5 Å². The Morgan fingerprint density at radius 3 is 2.57 bits per heavy atom. The Bertz CT molecular complexity index is 1100. The van der Waals surface area contributed by atoms with Crippen LogP contribution in [-0.2, 0) is 7.05 Å². The molecule has 6 heteroatoms. The minimum absolute atomic E-state index is 0.540. The zero-order valence-corrected chi connectivity index (χ0v) is 16.3. The van der Waals surface area contributed by atoms with E-state index in [0.717, 1.165) is 43.0 Å². The van der Waals surface area contributed by atoms with Crippen LogP contribution in [0.15, 0.2) is 55.0 Å². The van der Waals surface area contributed by atoms with E-state index in [1.165, 1.54) is 16.5 Å². The van der Waals surface area contributed by atoms with E-state index in [9.17, 15) is 0 Å². The molecule has 1 fully saturated rings. The van der Waals surface area contributed by atoms with Crippen LogP contribution in [0.25, 0.3) is 22.2 Å². The number of aryl methyl sites for hydroxylation is 2. The number of rotatable bonds is 3. The van der Waals surface area contributed by atoms with Crippen LogP contribution in [-0.4, -0.2) is 37.6 Å². The summed E-state index contributed by atoms with van der Waals surface area (Å²) in [4.78, 5) is 2.34. The SMILES string of the molecule is Cc1ccc2ccn(C3CCN(c4ccc(-c5cnn(C)c5)nn4)CC3)c2c1. The van der Waals surface area contributed by atoms with Gasteiger partial charge in [-0.3, -0.25) is 4.68 Å². The fourth-order valence-electron chi connectivity index (χ4n) is 4.15. The van der Waals surface area contributed by atoms with Gasteiger partial charge in [-0.2, -0.15) is 5.10 Å². The lowest BCUT2D eigenvalue weighted by atomic mass is 10.0. The Kier molecular flexibility index (Phi) is 4.11. The van der Waals surface area contributed by atoms with Crippen LogP contribution in [0.3, 0.4) is 0 Å². The molecule has 6 nitrogen and oxygen atoms in total. The Balaban J connectivity index is 1.29. The van der Waals surface area contributed by atoms with E-state index in [1.54, 1.807) is 4.68 Å². The predicted molar refractivity (Wildman–Crippen MR) is 111 cm³/mol. The third-order valence-electron chi connectivity index (χ3n) is 5.71. The molecule has 0 amide bonds. The number of anilines is 1. The Labute approximate surface area is 164 Å². The number of piperidine rings is 1. The monoisotopic (exact) mass is 372 g/mol. The van der Waals surface area contributed by atoms with Gasteiger partial charge in [0, 0.05) is 49.7 Å². The number of fused-ring (bicyclic) bond motifs is 1. The highest BCUT2D eigenvalue weighted by molar-refractivity contribution is 5.81. The van der Waals surface area contributed by atoms with E-state index in [0.29, 0.717) is 6.04 Å². The molecule has 5 rings (SSSR count). The Morgan fingerprint density at radius 1 is 1.00 bits per heavy atom. The normalized spacial score (nSPS) is 15.4. The molecule has 0 bridgehead atoms. The lowest BCUT2D eigenvalue weighted by Crippen LogP contribution is -2.35. The summed E-state index contributed by atoms with van der Waals surface area (Å²) >= 11 is 0. The lowest BCUT2D eigenvalue weighted by Gasteiger charge is -2.33. The smallest absolute Gasteiger partial charge is 0.151 e. The van der Waals surface area contributed by atoms with E-state index in [1.807, 2.05) is 25.5 Å². The molecule has 142 valence electrons. The van der Waals surface area contributed by atoms with Crippen molar-refractivity contribution >= 4 is 16.7 Å². The van der Waals surface area contributed by atoms with Gasteiger partial charge in [-0.15, -0.1) is 10.2 Å². The first-order valence-corrected chi connectivity index (χ1v) is 9.82. The van der Waals surface area contributed by atoms with E-state index in [2.05, 4.69) is 68.2 Å². The molecule has 1 aromatic carbocycles. The molecule has 0 unspecified atom stereocenters. The Hall–Kier alpha value is -3.15. The number of hydrogen-bond acceptors (Lipinski definition) is 4. The molecule has 4 aromatic rings. The van der Waals surface area contributed by atoms with Crippen LogP contribution in [0.2, 0.25) is 0 Å². The van der Waals surface area contributed by atoms with Gasteiger partial charge < -0.3 is 9.47 Å². The molecule has 4 heterocycles. The molecular weight excluding hydrogens is 348 g/mol. The van der Waals surface area contributed by atoms with Crippen LogP contribution in [0, 0.1) is 6.92 Å². The van der Waals surface area contributed by atoms with Gasteiger partial charge in [0.1, 0.15) is 0 Å². The van der Waals surface area contributed by atoms with Crippen molar-refractivity contribution in [3.63, 3.8) is 0 Å². The van der Waals surface area contributed by atoms with Crippen molar-refractivity contribution in [2.75, 3.05) is 18.0 Å². The van der Waals surface area contributed by atoms with Crippen molar-refractivity contribution < 1.29 is 0 Å². The van der Waals surface area contributed by atoms with Crippen LogP contribution < -0.4 is 4.90 Å². The van der Waals surface area contributed by atoms with E-state index in [4.69, 9.17) is 0 Å². The van der Waals surface area contributed by atoms with Gasteiger partial charge in [0.25, 0.3) is 0 Å². The molecule has 0 N–H and O–H groups in total. The quantitative estimate of drug-likeness (QED) is 0.546. The van der Waals surface area contributed by atoms with Gasteiger partial charge in [-0.05, 0) is 55.0 Å². The number of benzene rings is 1. The first kappa shape index (κ1) is 17.0. The summed E-state index contributed by atoms with van der Waals surface area (Å²) in [5.74, 6) is 0.958. The lowest BCUT2D eigenvalue weighted by molar-refractivity contribution is 0.404. The highest BCUT2D eigenvalue weighted by Crippen LogP contribution is 2.30. The second kappa shape index (κ2) is 6.78. The maximum Gasteiger partial charge on any atom is 0.151 e. The third-order valence-corrected chi connectivity index (χ3v) is 5.71. The molecule has 0 aliphatic carbocycles. The minimum Gasteiger partial charge on any atom is -0.355 e. The second-order valence-corrected chi connectivity index (χ2v) is 7.68. The summed E-state index contributed by atoms with van der Waals surface area (Å²) in [6, 6.07) is 13.6. The van der Waals surface area contributed by atoms with E-state index < -0.39 is 0 Å². The van der Waals surface area contributed by atoms with Crippen molar-refractivity contribution in [1.29, 1.82) is 0 Å². The molecule has 0 spiro atoms. The minimum atomic E-state index is 0.540. The average molecular weight is 372 g/mol. The van der Waals surface area contributed by atoms with Crippen LogP contribution in [0.5, 0.6) is 0 Å². The van der Waals surface area contributed by atoms with Crippen molar-refractivity contribution in [2.24, 2.45) is 7.05 Å². The molecule has 0 radical (unpaired) electrons. The standard InChI is InChI=1S/C22H24N6/c1-16-3-4-17-7-12-28(21(17)13-16)19-8-10-27(11-9-19)22-6-5-20(24-25-22)18-14-23-26(2)15-18/h3-7,12-15,19H,8-11H2,1-2H3. The Morgan fingerprint density at radius 2 is 1.86 bits per heavy atom. The molecular formula is C22H24N6. The zero-order valence-electron chi connectivity index (χ0n) is 16.3. The largest absolute Gasteiger partial charge is 0.355 e. The molecule has 1 saturated heterocycles. The topological polar surface area (TPSA) is 51.8 Å². The van der Waals surface area contributed by atoms with Crippen LogP contribution in [0.1, 0.15) is 24.4 Å². The molecule has 1 aliphatic rings. The average Bonchev–Trinajstić information content (AvgIpc) is 3.34. The number of nitrogens with zero attached hydrogens (tertiary/aromatic N) is 6. The third kappa shape index (κ3) is 3.05. The summed E-state index contributed by atoms with van der Waals surface area (Å²) in [5, 5.41) is 14.4. The van der Waals surface area contributed by atoms with Crippen molar-refractivity contribution in [2.45, 2.75) is 25.8 Å². The van der Waals surface area contributed by atoms with E-state index >= 15 is 0 Å². The van der Waals surface area contributed by atoms with Crippen molar-refractivity contribution in [3.05, 3.63) is 60.6 Å². The maximum absolute atomic E-state index is 4.47. The maximum atomic E-state index is 4.47. The molecule has 28 heavy (non-hydrogen) atoms. The number of hydrogen-bond donors (Lipinski definition) is 0. The predicted octanol–water partition coefficient (Wildman–Crippen LogP) is 3.98. The summed E-state index contributed by atoms with van der Waals surface area (Å²) in [6.07, 6.45) is 8.25. The summed E-state index contributed by atoms with van der Waals surface area (Å²) < 4.78 is 4.24. The van der Waals surface area contributed by atoms with Gasteiger partial charge in [0.05, 0.1) is 11.9 Å². The molecule has 3 aromatic heterocycles. The van der Waals surface area contributed by atoms with Gasteiger partial charge in [-0.25, -0.2) is 0 Å². The summed E-state index contributed by atoms with van der Waals surface area (Å²) in [7, 11) is 1.91. The molecule has 0 saturated carbocycles. The first-order valence-electron chi connectivity index (χ1n) is 9.82. The van der Waals surface area contributed by atoms with Crippen LogP contribution >= 0.6 is 0 Å². The summed E-state index contributed by atoms with van der Waals surface area (Å²) in [5.41, 5.74) is 4.52. The fourth-order valence-corrected chi connectivity index (χ4v) is 4.15. The van der Waals surface area contributed by atoms with Gasteiger partial charge in [0.2, 0.25) is 0 Å². The summed E-state index contributed by atoms with van der Waals surface area (Å²) in [6.45, 7) is 4.15. The first-order chi connectivity index (χ1) is 13.7. The highest BCUT2D eigenvalue weighted by Gasteiger charge is 2.22.